The Kier molecular flexibility index (Phi) is 9.69. The highest BCUT2D eigenvalue weighted by molar-refractivity contribution is 5.88. The molecule has 0 unspecified atom stereocenters. The van der Waals surface area contributed by atoms with Crippen LogP contribution in [0.25, 0.3) is 0 Å². The number of nitrogens with zero attached hydrogens (tertiary/aromatic N) is 1. The Hall–Kier alpha value is -3.67. The third-order valence-electron chi connectivity index (χ3n) is 6.82. The Labute approximate surface area is 218 Å². The lowest BCUT2D eigenvalue weighted by molar-refractivity contribution is -0.141. The number of amides is 2. The summed E-state index contributed by atoms with van der Waals surface area (Å²) in [6.45, 7) is 0.404. The molecule has 6 heteroatoms. The van der Waals surface area contributed by atoms with Crippen molar-refractivity contribution in [3.8, 4) is 5.75 Å². The van der Waals surface area contributed by atoms with Crippen molar-refractivity contribution in [1.29, 1.82) is 0 Å². The minimum atomic E-state index is -0.745. The molecule has 0 radical (unpaired) electrons. The van der Waals surface area contributed by atoms with Gasteiger partial charge in [-0.15, -0.1) is 0 Å². The van der Waals surface area contributed by atoms with Crippen LogP contribution in [-0.2, 0) is 22.6 Å². The lowest BCUT2D eigenvalue weighted by Crippen LogP contribution is -2.52. The molecular weight excluding hydrogens is 467 g/mol. The molecule has 3 aromatic carbocycles. The van der Waals surface area contributed by atoms with Crippen LogP contribution >= 0.6 is 0 Å². The van der Waals surface area contributed by atoms with Gasteiger partial charge < -0.3 is 15.0 Å². The van der Waals surface area contributed by atoms with E-state index >= 15 is 0 Å². The van der Waals surface area contributed by atoms with Crippen molar-refractivity contribution in [2.45, 2.75) is 63.6 Å². The first-order chi connectivity index (χ1) is 18.1. The molecule has 0 saturated heterocycles. The largest absolute Gasteiger partial charge is 0.494 e. The summed E-state index contributed by atoms with van der Waals surface area (Å²) >= 11 is 0. The predicted molar refractivity (Wildman–Crippen MR) is 142 cm³/mol. The van der Waals surface area contributed by atoms with Gasteiger partial charge in [-0.3, -0.25) is 9.59 Å². The van der Waals surface area contributed by atoms with Gasteiger partial charge in [-0.1, -0.05) is 79.6 Å². The number of hydrogen-bond donors (Lipinski definition) is 1. The van der Waals surface area contributed by atoms with E-state index in [1.807, 2.05) is 60.7 Å². The van der Waals surface area contributed by atoms with E-state index in [2.05, 4.69) is 5.32 Å². The van der Waals surface area contributed by atoms with Crippen LogP contribution in [-0.4, -0.2) is 35.4 Å². The third kappa shape index (κ3) is 7.91. The number of nitrogens with one attached hydrogen (secondary N) is 1. The zero-order valence-electron chi connectivity index (χ0n) is 21.2. The van der Waals surface area contributed by atoms with E-state index in [9.17, 15) is 14.0 Å². The van der Waals surface area contributed by atoms with E-state index in [1.165, 1.54) is 6.07 Å². The number of carbonyl (C=O) groups is 2. The molecule has 0 aromatic heterocycles. The van der Waals surface area contributed by atoms with Crippen LogP contribution < -0.4 is 10.1 Å². The number of ether oxygens (including phenoxy) is 1. The lowest BCUT2D eigenvalue weighted by Gasteiger charge is -2.32. The summed E-state index contributed by atoms with van der Waals surface area (Å²) in [5, 5.41) is 3.17. The number of para-hydroxylation sites is 1. The minimum absolute atomic E-state index is 0.0284. The number of halogens is 1. The van der Waals surface area contributed by atoms with Gasteiger partial charge in [0.25, 0.3) is 0 Å². The second kappa shape index (κ2) is 13.6. The first-order valence-corrected chi connectivity index (χ1v) is 13.1. The second-order valence-electron chi connectivity index (χ2n) is 9.57. The van der Waals surface area contributed by atoms with Crippen molar-refractivity contribution in [2.24, 2.45) is 0 Å². The Balaban J connectivity index is 1.53. The lowest BCUT2D eigenvalue weighted by atomic mass is 10.0. The Morgan fingerprint density at radius 3 is 2.27 bits per heavy atom. The standard InChI is InChI=1S/C31H35FN2O3/c32-28-19-10-7-14-25(28)23-34(30(35)20-11-21-37-27-17-5-2-6-18-27)29(22-24-12-3-1-4-13-24)31(36)33-26-15-8-9-16-26/h1-7,10,12-14,17-19,26,29H,8-9,11,15-16,20-23H2,(H,33,36)/t29-/m0/s1. The van der Waals surface area contributed by atoms with E-state index in [0.717, 1.165) is 37.0 Å². The number of rotatable bonds is 12. The van der Waals surface area contributed by atoms with Gasteiger partial charge in [-0.25, -0.2) is 4.39 Å². The van der Waals surface area contributed by atoms with Crippen LogP contribution in [0.15, 0.2) is 84.9 Å². The fourth-order valence-electron chi connectivity index (χ4n) is 4.81. The molecule has 37 heavy (non-hydrogen) atoms. The average Bonchev–Trinajstić information content (AvgIpc) is 3.43. The SMILES string of the molecule is O=C(NC1CCCC1)[C@H](Cc1ccccc1)N(Cc1ccccc1F)C(=O)CCCOc1ccccc1. The molecule has 1 aliphatic carbocycles. The highest BCUT2D eigenvalue weighted by Gasteiger charge is 2.32. The second-order valence-corrected chi connectivity index (χ2v) is 9.57. The molecule has 1 atom stereocenters. The minimum Gasteiger partial charge on any atom is -0.494 e. The van der Waals surface area contributed by atoms with Crippen molar-refractivity contribution in [3.05, 3.63) is 102 Å². The molecule has 2 amide bonds. The van der Waals surface area contributed by atoms with Crippen molar-refractivity contribution in [2.75, 3.05) is 6.61 Å². The molecule has 1 N–H and O–H groups in total. The van der Waals surface area contributed by atoms with Crippen LogP contribution in [0.1, 0.15) is 49.7 Å². The quantitative estimate of drug-likeness (QED) is 0.324. The molecule has 5 nitrogen and oxygen atoms in total. The summed E-state index contributed by atoms with van der Waals surface area (Å²) in [7, 11) is 0. The van der Waals surface area contributed by atoms with Gasteiger partial charge in [0.2, 0.25) is 11.8 Å². The molecule has 3 aromatic rings. The van der Waals surface area contributed by atoms with Crippen LogP contribution in [0.3, 0.4) is 0 Å². The number of hydrogen-bond acceptors (Lipinski definition) is 3. The van der Waals surface area contributed by atoms with Crippen molar-refractivity contribution < 1.29 is 18.7 Å². The summed E-state index contributed by atoms with van der Waals surface area (Å²) in [4.78, 5) is 28.8. The van der Waals surface area contributed by atoms with Crippen LogP contribution in [0.2, 0.25) is 0 Å². The van der Waals surface area contributed by atoms with Crippen molar-refractivity contribution in [3.63, 3.8) is 0 Å². The summed E-state index contributed by atoms with van der Waals surface area (Å²) in [5.41, 5.74) is 1.34. The third-order valence-corrected chi connectivity index (χ3v) is 6.82. The van der Waals surface area contributed by atoms with Crippen LogP contribution in [0.4, 0.5) is 4.39 Å². The van der Waals surface area contributed by atoms with Gasteiger partial charge in [0.1, 0.15) is 17.6 Å². The normalized spacial score (nSPS) is 14.2. The van der Waals surface area contributed by atoms with Gasteiger partial charge in [0.15, 0.2) is 0 Å². The molecule has 4 rings (SSSR count). The van der Waals surface area contributed by atoms with Gasteiger partial charge in [-0.05, 0) is 43.0 Å². The van der Waals surface area contributed by atoms with E-state index in [4.69, 9.17) is 4.74 Å². The fourth-order valence-corrected chi connectivity index (χ4v) is 4.81. The molecule has 1 aliphatic rings. The van der Waals surface area contributed by atoms with Gasteiger partial charge >= 0.3 is 0 Å². The molecule has 0 heterocycles. The summed E-state index contributed by atoms with van der Waals surface area (Å²) < 4.78 is 20.4. The summed E-state index contributed by atoms with van der Waals surface area (Å²) in [5.74, 6) is -0.0122. The number of carbonyl (C=O) groups excluding carboxylic acids is 2. The predicted octanol–water partition coefficient (Wildman–Crippen LogP) is 5.68. The van der Waals surface area contributed by atoms with E-state index in [-0.39, 0.29) is 36.6 Å². The molecule has 1 fully saturated rings. The van der Waals surface area contributed by atoms with E-state index in [1.54, 1.807) is 23.1 Å². The average molecular weight is 503 g/mol. The zero-order chi connectivity index (χ0) is 25.9. The van der Waals surface area contributed by atoms with Gasteiger partial charge in [0.05, 0.1) is 6.61 Å². The molecular formula is C31H35FN2O3. The molecule has 0 spiro atoms. The highest BCUT2D eigenvalue weighted by atomic mass is 19.1. The molecule has 0 bridgehead atoms. The van der Waals surface area contributed by atoms with Crippen LogP contribution in [0.5, 0.6) is 5.75 Å². The zero-order valence-corrected chi connectivity index (χ0v) is 21.2. The Morgan fingerprint density at radius 2 is 1.57 bits per heavy atom. The van der Waals surface area contributed by atoms with Crippen LogP contribution in [0, 0.1) is 5.82 Å². The number of benzene rings is 3. The first kappa shape index (κ1) is 26.4. The maximum atomic E-state index is 14.7. The topological polar surface area (TPSA) is 58.6 Å². The van der Waals surface area contributed by atoms with Crippen molar-refractivity contribution >= 4 is 11.8 Å². The molecule has 194 valence electrons. The highest BCUT2D eigenvalue weighted by Crippen LogP contribution is 2.21. The Bertz CT molecular complexity index is 1130. The molecule has 0 aliphatic heterocycles. The van der Waals surface area contributed by atoms with E-state index in [0.29, 0.717) is 25.0 Å². The summed E-state index contributed by atoms with van der Waals surface area (Å²) in [6, 6.07) is 24.9. The Morgan fingerprint density at radius 1 is 0.919 bits per heavy atom. The maximum Gasteiger partial charge on any atom is 0.243 e. The van der Waals surface area contributed by atoms with Gasteiger partial charge in [0, 0.05) is 31.0 Å². The maximum absolute atomic E-state index is 14.7. The smallest absolute Gasteiger partial charge is 0.243 e. The first-order valence-electron chi connectivity index (χ1n) is 13.1. The molecule has 1 saturated carbocycles. The monoisotopic (exact) mass is 502 g/mol. The van der Waals surface area contributed by atoms with Crippen molar-refractivity contribution in [1.82, 2.24) is 10.2 Å². The van der Waals surface area contributed by atoms with Gasteiger partial charge in [-0.2, -0.15) is 0 Å². The van der Waals surface area contributed by atoms with E-state index < -0.39 is 6.04 Å². The fraction of sp³-hybridized carbons (Fsp3) is 0.355. The summed E-state index contributed by atoms with van der Waals surface area (Å²) in [6.07, 6.45) is 5.12.